The van der Waals surface area contributed by atoms with Gasteiger partial charge in [-0.2, -0.15) is 5.10 Å². The first-order chi connectivity index (χ1) is 18.5. The van der Waals surface area contributed by atoms with Gasteiger partial charge < -0.3 is 14.4 Å². The normalized spacial score (nSPS) is 24.5. The first-order valence-corrected chi connectivity index (χ1v) is 14.7. The number of fused-ring (bicyclic) bond motifs is 1. The largest absolute Gasteiger partial charge is 0.497 e. The third kappa shape index (κ3) is 3.89. The van der Waals surface area contributed by atoms with E-state index in [-0.39, 0.29) is 5.41 Å². The number of hydrogen-bond donors (Lipinski definition) is 0. The van der Waals surface area contributed by atoms with Gasteiger partial charge in [-0.1, -0.05) is 50.2 Å². The predicted molar refractivity (Wildman–Crippen MR) is 157 cm³/mol. The van der Waals surface area contributed by atoms with Crippen LogP contribution in [0.3, 0.4) is 0 Å². The SMILES string of the molecule is COc1ccc(N=P2(N3CCOCC3)C(=C3N(C)c4ccccc4C3(C)C)C=NN2c2ccccc2)cc1. The fraction of sp³-hybridized carbons (Fsp3) is 0.300. The Bertz CT molecular complexity index is 1440. The van der Waals surface area contributed by atoms with E-state index in [0.29, 0.717) is 13.2 Å². The summed E-state index contributed by atoms with van der Waals surface area (Å²) in [5.41, 5.74) is 5.53. The molecule has 8 heteroatoms. The molecule has 0 saturated carbocycles. The van der Waals surface area contributed by atoms with Gasteiger partial charge in [0, 0.05) is 36.9 Å². The van der Waals surface area contributed by atoms with Crippen LogP contribution in [-0.2, 0) is 10.2 Å². The summed E-state index contributed by atoms with van der Waals surface area (Å²) < 4.78 is 21.7. The second-order valence-electron chi connectivity index (χ2n) is 10.2. The lowest BCUT2D eigenvalue weighted by Crippen LogP contribution is -2.38. The summed E-state index contributed by atoms with van der Waals surface area (Å²) in [7, 11) is 1.25. The molecular formula is C30H34N5O2P. The monoisotopic (exact) mass is 527 g/mol. The van der Waals surface area contributed by atoms with Gasteiger partial charge in [-0.05, 0) is 48.0 Å². The minimum atomic E-state index is -2.62. The van der Waals surface area contributed by atoms with Crippen LogP contribution in [0.25, 0.3) is 0 Å². The highest BCUT2D eigenvalue weighted by atomic mass is 31.2. The van der Waals surface area contributed by atoms with E-state index in [4.69, 9.17) is 19.3 Å². The molecule has 0 bridgehead atoms. The zero-order chi connectivity index (χ0) is 26.3. The minimum absolute atomic E-state index is 0.216. The van der Waals surface area contributed by atoms with Crippen LogP contribution < -0.4 is 14.4 Å². The molecule has 0 aliphatic carbocycles. The Hall–Kier alpha value is -3.38. The van der Waals surface area contributed by atoms with Gasteiger partial charge in [0.25, 0.3) is 0 Å². The number of benzene rings is 3. The maximum atomic E-state index is 5.83. The van der Waals surface area contributed by atoms with Gasteiger partial charge in [0.15, 0.2) is 7.36 Å². The van der Waals surface area contributed by atoms with E-state index in [0.717, 1.165) is 30.2 Å². The van der Waals surface area contributed by atoms with Gasteiger partial charge >= 0.3 is 0 Å². The Labute approximate surface area is 225 Å². The number of para-hydroxylation sites is 2. The molecule has 38 heavy (non-hydrogen) atoms. The molecule has 3 aliphatic rings. The maximum Gasteiger partial charge on any atom is 0.180 e. The lowest BCUT2D eigenvalue weighted by Gasteiger charge is -2.42. The van der Waals surface area contributed by atoms with Crippen LogP contribution in [0.4, 0.5) is 17.1 Å². The van der Waals surface area contributed by atoms with Gasteiger partial charge in [-0.15, -0.1) is 0 Å². The van der Waals surface area contributed by atoms with E-state index in [1.54, 1.807) is 7.11 Å². The summed E-state index contributed by atoms with van der Waals surface area (Å²) >= 11 is 0. The van der Waals surface area contributed by atoms with Gasteiger partial charge in [0.2, 0.25) is 0 Å². The van der Waals surface area contributed by atoms with E-state index >= 15 is 0 Å². The van der Waals surface area contributed by atoms with E-state index in [1.165, 1.54) is 22.3 Å². The second-order valence-corrected chi connectivity index (χ2v) is 13.0. The fourth-order valence-corrected chi connectivity index (χ4v) is 9.70. The van der Waals surface area contributed by atoms with Crippen LogP contribution in [0.15, 0.2) is 99.7 Å². The number of rotatable bonds is 4. The molecule has 1 atom stereocenters. The topological polar surface area (TPSA) is 52.9 Å². The average Bonchev–Trinajstić information content (AvgIpc) is 3.42. The first-order valence-electron chi connectivity index (χ1n) is 13.0. The summed E-state index contributed by atoms with van der Waals surface area (Å²) in [6.07, 6.45) is 2.07. The number of likely N-dealkylation sites (N-methyl/N-ethyl adjacent to an activating group) is 1. The van der Waals surface area contributed by atoms with Crippen LogP contribution >= 0.6 is 7.36 Å². The van der Waals surface area contributed by atoms with Crippen LogP contribution in [0.1, 0.15) is 19.4 Å². The Morgan fingerprint density at radius 2 is 1.61 bits per heavy atom. The second kappa shape index (κ2) is 9.73. The Morgan fingerprint density at radius 1 is 0.921 bits per heavy atom. The summed E-state index contributed by atoms with van der Waals surface area (Å²) in [6.45, 7) is 7.55. The summed E-state index contributed by atoms with van der Waals surface area (Å²) in [5.74, 6) is 0.816. The number of hydrazone groups is 1. The van der Waals surface area contributed by atoms with Crippen molar-refractivity contribution >= 4 is 30.6 Å². The van der Waals surface area contributed by atoms with Crippen molar-refractivity contribution < 1.29 is 9.47 Å². The molecule has 1 unspecified atom stereocenters. The standard InChI is InChI=1S/C30H34N5O2P/c1-30(2)26-12-8-9-13-27(26)33(3)29(30)28-22-31-35(24-10-6-5-7-11-24)38(28,34-18-20-37-21-19-34)32-23-14-16-25(36-4)17-15-23/h5-17,22H,18-21H2,1-4H3. The third-order valence-corrected chi connectivity index (χ3v) is 11.2. The van der Waals surface area contributed by atoms with Gasteiger partial charge in [0.1, 0.15) is 5.75 Å². The first kappa shape index (κ1) is 24.9. The molecule has 0 spiro atoms. The van der Waals surface area contributed by atoms with Crippen molar-refractivity contribution in [3.05, 3.63) is 95.4 Å². The number of methoxy groups -OCH3 is 1. The highest BCUT2D eigenvalue weighted by molar-refractivity contribution is 7.71. The fourth-order valence-electron chi connectivity index (χ4n) is 5.88. The van der Waals surface area contributed by atoms with Crippen molar-refractivity contribution in [1.82, 2.24) is 4.67 Å². The van der Waals surface area contributed by atoms with Crippen LogP contribution in [0, 0.1) is 0 Å². The number of hydrogen-bond acceptors (Lipinski definition) is 5. The lowest BCUT2D eigenvalue weighted by molar-refractivity contribution is 0.0743. The summed E-state index contributed by atoms with van der Waals surface area (Å²) in [6, 6.07) is 27.2. The summed E-state index contributed by atoms with van der Waals surface area (Å²) in [4.78, 5) is 2.35. The number of morpholine rings is 1. The number of ether oxygens (including phenoxy) is 2. The Balaban J connectivity index is 1.67. The molecule has 0 aromatic heterocycles. The molecule has 0 N–H and O–H groups in total. The molecule has 0 radical (unpaired) electrons. The van der Waals surface area contributed by atoms with Gasteiger partial charge in [-0.3, -0.25) is 0 Å². The smallest absolute Gasteiger partial charge is 0.180 e. The zero-order valence-electron chi connectivity index (χ0n) is 22.4. The third-order valence-electron chi connectivity index (χ3n) is 7.68. The van der Waals surface area contributed by atoms with Crippen LogP contribution in [0.5, 0.6) is 5.75 Å². The lowest BCUT2D eigenvalue weighted by atomic mass is 9.84. The van der Waals surface area contributed by atoms with Crippen molar-refractivity contribution in [2.75, 3.05) is 50.1 Å². The van der Waals surface area contributed by atoms with E-state index in [2.05, 4.69) is 90.0 Å². The molecule has 3 aliphatic heterocycles. The van der Waals surface area contributed by atoms with E-state index in [1.807, 2.05) is 30.3 Å². The Morgan fingerprint density at radius 3 is 2.29 bits per heavy atom. The van der Waals surface area contributed by atoms with Crippen molar-refractivity contribution in [2.45, 2.75) is 19.3 Å². The minimum Gasteiger partial charge on any atom is -0.497 e. The number of allylic oxidation sites excluding steroid dienone is 2. The number of anilines is 2. The van der Waals surface area contributed by atoms with Crippen molar-refractivity contribution in [3.8, 4) is 5.75 Å². The zero-order valence-corrected chi connectivity index (χ0v) is 23.3. The molecule has 196 valence electrons. The molecule has 1 saturated heterocycles. The van der Waals surface area contributed by atoms with E-state index < -0.39 is 7.36 Å². The highest BCUT2D eigenvalue weighted by Crippen LogP contribution is 2.70. The molecule has 3 aromatic carbocycles. The molecule has 7 nitrogen and oxygen atoms in total. The Kier molecular flexibility index (Phi) is 6.39. The molecule has 3 aromatic rings. The molecule has 0 amide bonds. The van der Waals surface area contributed by atoms with E-state index in [9.17, 15) is 0 Å². The average molecular weight is 528 g/mol. The highest BCUT2D eigenvalue weighted by Gasteiger charge is 2.49. The van der Waals surface area contributed by atoms with Gasteiger partial charge in [0.05, 0.1) is 43.2 Å². The van der Waals surface area contributed by atoms with Crippen molar-refractivity contribution in [1.29, 1.82) is 0 Å². The summed E-state index contributed by atoms with van der Waals surface area (Å²) in [5, 5.41) is 6.31. The molecule has 6 rings (SSSR count). The maximum absolute atomic E-state index is 5.83. The quantitative estimate of drug-likeness (QED) is 0.348. The van der Waals surface area contributed by atoms with Crippen molar-refractivity contribution in [3.63, 3.8) is 0 Å². The molecule has 1 fully saturated rings. The number of nitrogens with zero attached hydrogens (tertiary/aromatic N) is 5. The van der Waals surface area contributed by atoms with Gasteiger partial charge in [-0.25, -0.2) is 14.2 Å². The van der Waals surface area contributed by atoms with Crippen molar-refractivity contribution in [2.24, 2.45) is 9.85 Å². The molecular weight excluding hydrogens is 493 g/mol. The molecule has 3 heterocycles. The predicted octanol–water partition coefficient (Wildman–Crippen LogP) is 6.84. The van der Waals surface area contributed by atoms with Crippen LogP contribution in [0.2, 0.25) is 0 Å². The van der Waals surface area contributed by atoms with Crippen LogP contribution in [-0.4, -0.2) is 51.3 Å².